The van der Waals surface area contributed by atoms with E-state index in [-0.39, 0.29) is 18.9 Å². The molecule has 2 heterocycles. The first-order valence-electron chi connectivity index (χ1n) is 11.3. The third kappa shape index (κ3) is 7.86. The Hall–Kier alpha value is -0.890. The van der Waals surface area contributed by atoms with Crippen molar-refractivity contribution in [3.8, 4) is 0 Å². The van der Waals surface area contributed by atoms with Gasteiger partial charge in [-0.15, -0.1) is 0 Å². The minimum atomic E-state index is -1.60. The first-order chi connectivity index (χ1) is 15.1. The normalized spacial score (nSPS) is 38.9. The Morgan fingerprint density at radius 1 is 0.938 bits per heavy atom. The Bertz CT molecular complexity index is 560. The van der Waals surface area contributed by atoms with Crippen molar-refractivity contribution < 1.29 is 54.4 Å². The SMILES string of the molecule is CC(CCCCCCC(=O)OC1OC(CO)C(O)C(O)C1O)OC1OC(C)C(O)CC1O. The largest absolute Gasteiger partial charge is 0.433 e. The Balaban J connectivity index is 1.57. The molecule has 2 fully saturated rings. The molecule has 2 saturated heterocycles. The molecule has 2 rings (SSSR count). The summed E-state index contributed by atoms with van der Waals surface area (Å²) in [5.41, 5.74) is 0. The van der Waals surface area contributed by atoms with E-state index < -0.39 is 67.9 Å². The van der Waals surface area contributed by atoms with Crippen molar-refractivity contribution in [3.63, 3.8) is 0 Å². The van der Waals surface area contributed by atoms with Gasteiger partial charge in [0.05, 0.1) is 24.9 Å². The van der Waals surface area contributed by atoms with Gasteiger partial charge in [-0.3, -0.25) is 4.79 Å². The van der Waals surface area contributed by atoms with E-state index in [1.54, 1.807) is 6.92 Å². The minimum absolute atomic E-state index is 0.101. The quantitative estimate of drug-likeness (QED) is 0.162. The van der Waals surface area contributed by atoms with Crippen molar-refractivity contribution in [1.29, 1.82) is 0 Å². The number of rotatable bonds is 11. The molecular weight excluding hydrogens is 428 g/mol. The lowest BCUT2D eigenvalue weighted by Crippen LogP contribution is -2.59. The van der Waals surface area contributed by atoms with Crippen LogP contribution in [-0.2, 0) is 23.7 Å². The van der Waals surface area contributed by atoms with Crippen LogP contribution in [0, 0.1) is 0 Å². The van der Waals surface area contributed by atoms with E-state index in [0.29, 0.717) is 6.42 Å². The fourth-order valence-electron chi connectivity index (χ4n) is 3.77. The number of ether oxygens (including phenoxy) is 4. The predicted octanol–water partition coefficient (Wildman–Crippen LogP) is -1.07. The van der Waals surface area contributed by atoms with Gasteiger partial charge >= 0.3 is 5.97 Å². The highest BCUT2D eigenvalue weighted by molar-refractivity contribution is 5.69. The molecule has 0 aromatic heterocycles. The molecule has 0 spiro atoms. The van der Waals surface area contributed by atoms with E-state index >= 15 is 0 Å². The van der Waals surface area contributed by atoms with E-state index in [2.05, 4.69) is 0 Å². The third-order valence-corrected chi connectivity index (χ3v) is 5.89. The van der Waals surface area contributed by atoms with Crippen LogP contribution in [0.5, 0.6) is 0 Å². The molecule has 0 aliphatic carbocycles. The monoisotopic (exact) mass is 466 g/mol. The van der Waals surface area contributed by atoms with E-state index in [9.17, 15) is 30.3 Å². The van der Waals surface area contributed by atoms with Crippen LogP contribution >= 0.6 is 0 Å². The number of aliphatic hydroxyl groups excluding tert-OH is 6. The van der Waals surface area contributed by atoms with E-state index in [1.165, 1.54) is 0 Å². The molecule has 0 saturated carbocycles. The van der Waals surface area contributed by atoms with Gasteiger partial charge in [0.1, 0.15) is 30.5 Å². The molecule has 2 aliphatic rings. The van der Waals surface area contributed by atoms with Gasteiger partial charge in [-0.2, -0.15) is 0 Å². The second-order valence-corrected chi connectivity index (χ2v) is 8.67. The summed E-state index contributed by atoms with van der Waals surface area (Å²) in [6.07, 6.45) is -5.99. The summed E-state index contributed by atoms with van der Waals surface area (Å²) in [5.74, 6) is -0.606. The Labute approximate surface area is 187 Å². The number of hydrogen-bond donors (Lipinski definition) is 6. The van der Waals surface area contributed by atoms with Gasteiger partial charge in [0.2, 0.25) is 6.29 Å². The summed E-state index contributed by atoms with van der Waals surface area (Å²) >= 11 is 0. The van der Waals surface area contributed by atoms with Crippen molar-refractivity contribution in [1.82, 2.24) is 0 Å². The molecule has 2 aliphatic heterocycles. The Morgan fingerprint density at radius 3 is 2.31 bits per heavy atom. The summed E-state index contributed by atoms with van der Waals surface area (Å²) in [7, 11) is 0. The molecule has 11 nitrogen and oxygen atoms in total. The van der Waals surface area contributed by atoms with Crippen molar-refractivity contribution in [2.24, 2.45) is 0 Å². The third-order valence-electron chi connectivity index (χ3n) is 5.89. The van der Waals surface area contributed by atoms with E-state index in [0.717, 1.165) is 25.7 Å². The minimum Gasteiger partial charge on any atom is -0.433 e. The Kier molecular flexibility index (Phi) is 11.2. The zero-order chi connectivity index (χ0) is 23.8. The van der Waals surface area contributed by atoms with Crippen LogP contribution in [0.1, 0.15) is 58.8 Å². The first-order valence-corrected chi connectivity index (χ1v) is 11.3. The number of esters is 1. The Morgan fingerprint density at radius 2 is 1.62 bits per heavy atom. The second kappa shape index (κ2) is 13.1. The lowest BCUT2D eigenvalue weighted by Gasteiger charge is -2.39. The van der Waals surface area contributed by atoms with Gasteiger partial charge < -0.3 is 49.6 Å². The molecular formula is C21H38O11. The molecule has 188 valence electrons. The summed E-state index contributed by atoms with van der Waals surface area (Å²) in [6, 6.07) is 0. The van der Waals surface area contributed by atoms with Crippen molar-refractivity contribution >= 4 is 5.97 Å². The molecule has 11 heteroatoms. The smallest absolute Gasteiger partial charge is 0.308 e. The molecule has 10 atom stereocenters. The van der Waals surface area contributed by atoms with Crippen molar-refractivity contribution in [3.05, 3.63) is 0 Å². The number of carbonyl (C=O) groups is 1. The van der Waals surface area contributed by atoms with Crippen LogP contribution in [0.2, 0.25) is 0 Å². The van der Waals surface area contributed by atoms with Gasteiger partial charge in [0, 0.05) is 12.8 Å². The molecule has 32 heavy (non-hydrogen) atoms. The molecule has 6 N–H and O–H groups in total. The van der Waals surface area contributed by atoms with Crippen LogP contribution in [0.15, 0.2) is 0 Å². The lowest BCUT2D eigenvalue weighted by atomic mass is 9.99. The highest BCUT2D eigenvalue weighted by atomic mass is 16.7. The fourth-order valence-corrected chi connectivity index (χ4v) is 3.77. The summed E-state index contributed by atoms with van der Waals surface area (Å²) in [6.45, 7) is 3.04. The topological polar surface area (TPSA) is 175 Å². The highest BCUT2D eigenvalue weighted by Gasteiger charge is 2.45. The van der Waals surface area contributed by atoms with Gasteiger partial charge in [-0.1, -0.05) is 19.3 Å². The molecule has 0 aromatic carbocycles. The number of hydrogen-bond acceptors (Lipinski definition) is 11. The predicted molar refractivity (Wildman–Crippen MR) is 109 cm³/mol. The zero-order valence-corrected chi connectivity index (χ0v) is 18.7. The zero-order valence-electron chi connectivity index (χ0n) is 18.7. The second-order valence-electron chi connectivity index (χ2n) is 8.67. The van der Waals surface area contributed by atoms with Gasteiger partial charge in [0.25, 0.3) is 0 Å². The number of aliphatic hydroxyl groups is 6. The number of carbonyl (C=O) groups excluding carboxylic acids is 1. The lowest BCUT2D eigenvalue weighted by molar-refractivity contribution is -0.292. The molecule has 0 aromatic rings. The average molecular weight is 467 g/mol. The van der Waals surface area contributed by atoms with Crippen LogP contribution in [0.25, 0.3) is 0 Å². The van der Waals surface area contributed by atoms with E-state index in [4.69, 9.17) is 24.1 Å². The van der Waals surface area contributed by atoms with Gasteiger partial charge in [0.15, 0.2) is 6.29 Å². The van der Waals surface area contributed by atoms with Crippen LogP contribution < -0.4 is 0 Å². The number of unbranched alkanes of at least 4 members (excludes halogenated alkanes) is 3. The van der Waals surface area contributed by atoms with Crippen LogP contribution in [-0.4, -0.2) is 105 Å². The maximum atomic E-state index is 12.0. The standard InChI is InChI=1S/C21H38O11/c1-11(29-20-14(24)9-13(23)12(2)30-20)7-5-3-4-6-8-16(25)32-21-19(28)18(27)17(26)15(10-22)31-21/h11-15,17-24,26-28H,3-10H2,1-2H3. The molecule has 0 radical (unpaired) electrons. The maximum Gasteiger partial charge on any atom is 0.308 e. The van der Waals surface area contributed by atoms with Crippen molar-refractivity contribution in [2.45, 2.75) is 120 Å². The summed E-state index contributed by atoms with van der Waals surface area (Å²) in [4.78, 5) is 12.0. The fraction of sp³-hybridized carbons (Fsp3) is 0.952. The summed E-state index contributed by atoms with van der Waals surface area (Å²) < 4.78 is 21.4. The summed E-state index contributed by atoms with van der Waals surface area (Å²) in [5, 5.41) is 58.1. The van der Waals surface area contributed by atoms with Crippen LogP contribution in [0.4, 0.5) is 0 Å². The molecule has 0 bridgehead atoms. The van der Waals surface area contributed by atoms with E-state index in [1.807, 2.05) is 6.92 Å². The first kappa shape index (κ1) is 27.4. The maximum absolute atomic E-state index is 12.0. The highest BCUT2D eigenvalue weighted by Crippen LogP contribution is 2.24. The van der Waals surface area contributed by atoms with Gasteiger partial charge in [-0.05, 0) is 26.7 Å². The molecule has 0 amide bonds. The van der Waals surface area contributed by atoms with Gasteiger partial charge in [-0.25, -0.2) is 0 Å². The van der Waals surface area contributed by atoms with Crippen LogP contribution in [0.3, 0.4) is 0 Å². The van der Waals surface area contributed by atoms with Crippen molar-refractivity contribution in [2.75, 3.05) is 6.61 Å². The average Bonchev–Trinajstić information content (AvgIpc) is 2.74. The molecule has 10 unspecified atom stereocenters.